The van der Waals surface area contributed by atoms with E-state index in [4.69, 9.17) is 11.6 Å². The number of fused-ring (bicyclic) bond motifs is 1. The van der Waals surface area contributed by atoms with Gasteiger partial charge < -0.3 is 4.90 Å². The van der Waals surface area contributed by atoms with Crippen LogP contribution in [0.3, 0.4) is 0 Å². The Morgan fingerprint density at radius 3 is 2.94 bits per heavy atom. The molecule has 3 heterocycles. The lowest BCUT2D eigenvalue weighted by Crippen LogP contribution is -2.34. The second-order valence-electron chi connectivity index (χ2n) is 4.17. The number of aromatic amines is 1. The van der Waals surface area contributed by atoms with Gasteiger partial charge in [0.15, 0.2) is 5.65 Å². The van der Waals surface area contributed by atoms with Crippen LogP contribution >= 0.6 is 11.6 Å². The van der Waals surface area contributed by atoms with Crippen LogP contribution in [0.5, 0.6) is 0 Å². The summed E-state index contributed by atoms with van der Waals surface area (Å²) in [7, 11) is 0. The molecule has 17 heavy (non-hydrogen) atoms. The quantitative estimate of drug-likeness (QED) is 0.757. The number of halogens is 1. The first kappa shape index (κ1) is 10.6. The molecule has 0 saturated carbocycles. The Hall–Kier alpha value is -1.56. The second kappa shape index (κ2) is 4.03. The molecule has 0 unspecified atom stereocenters. The van der Waals surface area contributed by atoms with Gasteiger partial charge in [0.05, 0.1) is 0 Å². The highest BCUT2D eigenvalue weighted by Gasteiger charge is 2.18. The zero-order valence-electron chi connectivity index (χ0n) is 9.14. The first-order valence-electron chi connectivity index (χ1n) is 5.56. The molecule has 1 saturated heterocycles. The minimum atomic E-state index is -0.265. The minimum Gasteiger partial charge on any atom is -0.356 e. The Bertz CT molecular complexity index is 584. The average Bonchev–Trinajstić information content (AvgIpc) is 2.72. The molecule has 0 amide bonds. The van der Waals surface area contributed by atoms with Gasteiger partial charge in [0.25, 0.3) is 0 Å². The minimum absolute atomic E-state index is 0.265. The largest absolute Gasteiger partial charge is 0.356 e. The van der Waals surface area contributed by atoms with Crippen LogP contribution in [-0.2, 0) is 0 Å². The SMILES string of the molecule is O=c1[nH]nc2cc(N3CCC(Cl)CC3)ncn12. The first-order chi connectivity index (χ1) is 8.24. The number of hydrogen-bond donors (Lipinski definition) is 1. The number of H-pyrrole nitrogens is 1. The summed E-state index contributed by atoms with van der Waals surface area (Å²) in [6.45, 7) is 1.79. The van der Waals surface area contributed by atoms with Crippen molar-refractivity contribution in [2.75, 3.05) is 18.0 Å². The molecular formula is C10H12ClN5O. The number of nitrogens with zero attached hydrogens (tertiary/aromatic N) is 4. The van der Waals surface area contributed by atoms with Crippen LogP contribution < -0.4 is 10.6 Å². The van der Waals surface area contributed by atoms with E-state index in [0.717, 1.165) is 31.7 Å². The summed E-state index contributed by atoms with van der Waals surface area (Å²) in [5, 5.41) is 6.58. The van der Waals surface area contributed by atoms with E-state index < -0.39 is 0 Å². The Balaban J connectivity index is 1.93. The van der Waals surface area contributed by atoms with Crippen LogP contribution in [0.2, 0.25) is 0 Å². The number of piperidine rings is 1. The van der Waals surface area contributed by atoms with Crippen LogP contribution in [0.25, 0.3) is 5.65 Å². The van der Waals surface area contributed by atoms with Gasteiger partial charge in [-0.05, 0) is 12.8 Å². The van der Waals surface area contributed by atoms with Gasteiger partial charge in [0, 0.05) is 24.5 Å². The van der Waals surface area contributed by atoms with Gasteiger partial charge in [-0.2, -0.15) is 5.10 Å². The zero-order chi connectivity index (χ0) is 11.8. The zero-order valence-corrected chi connectivity index (χ0v) is 9.89. The summed E-state index contributed by atoms with van der Waals surface area (Å²) in [4.78, 5) is 17.7. The topological polar surface area (TPSA) is 66.3 Å². The summed E-state index contributed by atoms with van der Waals surface area (Å²) in [5.74, 6) is 0.847. The molecule has 1 fully saturated rings. The van der Waals surface area contributed by atoms with E-state index in [0.29, 0.717) is 5.65 Å². The molecule has 90 valence electrons. The van der Waals surface area contributed by atoms with Crippen molar-refractivity contribution < 1.29 is 0 Å². The maximum Gasteiger partial charge on any atom is 0.348 e. The van der Waals surface area contributed by atoms with E-state index >= 15 is 0 Å². The van der Waals surface area contributed by atoms with E-state index in [-0.39, 0.29) is 11.1 Å². The van der Waals surface area contributed by atoms with Gasteiger partial charge in [-0.25, -0.2) is 19.3 Å². The average molecular weight is 254 g/mol. The standard InChI is InChI=1S/C10H12ClN5O/c11-7-1-3-15(4-2-7)8-5-9-13-14-10(17)16(9)6-12-8/h5-7H,1-4H2,(H,14,17). The normalized spacial score (nSPS) is 17.8. The molecule has 0 spiro atoms. The molecule has 7 heteroatoms. The molecule has 0 atom stereocenters. The van der Waals surface area contributed by atoms with E-state index in [2.05, 4.69) is 20.1 Å². The first-order valence-corrected chi connectivity index (χ1v) is 5.99. The Morgan fingerprint density at radius 2 is 2.18 bits per heavy atom. The van der Waals surface area contributed by atoms with Gasteiger partial charge in [0.1, 0.15) is 12.1 Å². The highest BCUT2D eigenvalue weighted by molar-refractivity contribution is 6.20. The van der Waals surface area contributed by atoms with Crippen molar-refractivity contribution in [1.82, 2.24) is 19.6 Å². The smallest absolute Gasteiger partial charge is 0.348 e. The summed E-state index contributed by atoms with van der Waals surface area (Å²) < 4.78 is 1.39. The van der Waals surface area contributed by atoms with Crippen LogP contribution in [0.1, 0.15) is 12.8 Å². The van der Waals surface area contributed by atoms with Crippen molar-refractivity contribution in [3.05, 3.63) is 22.9 Å². The molecule has 0 aliphatic carbocycles. The van der Waals surface area contributed by atoms with Gasteiger partial charge in [-0.15, -0.1) is 11.6 Å². The van der Waals surface area contributed by atoms with Gasteiger partial charge in [-0.3, -0.25) is 0 Å². The molecule has 1 aliphatic rings. The Kier molecular flexibility index (Phi) is 2.51. The van der Waals surface area contributed by atoms with Crippen molar-refractivity contribution >= 4 is 23.1 Å². The number of aromatic nitrogens is 4. The monoisotopic (exact) mass is 253 g/mol. The van der Waals surface area contributed by atoms with Crippen LogP contribution in [0.4, 0.5) is 5.82 Å². The molecule has 1 aliphatic heterocycles. The molecular weight excluding hydrogens is 242 g/mol. The number of anilines is 1. The third-order valence-electron chi connectivity index (χ3n) is 3.04. The molecule has 3 rings (SSSR count). The number of rotatable bonds is 1. The third-order valence-corrected chi connectivity index (χ3v) is 3.48. The summed E-state index contributed by atoms with van der Waals surface area (Å²) in [6, 6.07) is 1.81. The van der Waals surface area contributed by atoms with Gasteiger partial charge in [-0.1, -0.05) is 0 Å². The van der Waals surface area contributed by atoms with Crippen LogP contribution in [-0.4, -0.2) is 38.0 Å². The molecule has 6 nitrogen and oxygen atoms in total. The summed E-state index contributed by atoms with van der Waals surface area (Å²) in [6.07, 6.45) is 3.42. The van der Waals surface area contributed by atoms with Crippen LogP contribution in [0.15, 0.2) is 17.2 Å². The summed E-state index contributed by atoms with van der Waals surface area (Å²) in [5.41, 5.74) is 0.325. The molecule has 0 bridgehead atoms. The Morgan fingerprint density at radius 1 is 1.41 bits per heavy atom. The highest BCUT2D eigenvalue weighted by Crippen LogP contribution is 2.20. The van der Waals surface area contributed by atoms with E-state index in [1.165, 1.54) is 10.7 Å². The molecule has 2 aromatic rings. The lowest BCUT2D eigenvalue weighted by molar-refractivity contribution is 0.580. The fourth-order valence-electron chi connectivity index (χ4n) is 2.05. The lowest BCUT2D eigenvalue weighted by Gasteiger charge is -2.30. The number of alkyl halides is 1. The van der Waals surface area contributed by atoms with Crippen LogP contribution in [0, 0.1) is 0 Å². The predicted octanol–water partition coefficient (Wildman–Crippen LogP) is 0.625. The third kappa shape index (κ3) is 1.88. The van der Waals surface area contributed by atoms with E-state index in [1.807, 2.05) is 6.07 Å². The predicted molar refractivity (Wildman–Crippen MR) is 64.7 cm³/mol. The fraction of sp³-hybridized carbons (Fsp3) is 0.500. The van der Waals surface area contributed by atoms with Crippen molar-refractivity contribution in [1.29, 1.82) is 0 Å². The molecule has 0 radical (unpaired) electrons. The van der Waals surface area contributed by atoms with E-state index in [9.17, 15) is 4.79 Å². The van der Waals surface area contributed by atoms with Gasteiger partial charge >= 0.3 is 5.69 Å². The number of hydrogen-bond acceptors (Lipinski definition) is 4. The Labute approximate surface area is 102 Å². The van der Waals surface area contributed by atoms with Crippen molar-refractivity contribution in [2.45, 2.75) is 18.2 Å². The lowest BCUT2D eigenvalue weighted by atomic mass is 10.1. The molecule has 0 aromatic carbocycles. The highest BCUT2D eigenvalue weighted by atomic mass is 35.5. The molecule has 1 N–H and O–H groups in total. The maximum absolute atomic E-state index is 11.3. The fourth-order valence-corrected chi connectivity index (χ4v) is 2.25. The van der Waals surface area contributed by atoms with Crippen molar-refractivity contribution in [3.8, 4) is 0 Å². The van der Waals surface area contributed by atoms with Crippen molar-refractivity contribution in [3.63, 3.8) is 0 Å². The number of nitrogens with one attached hydrogen (secondary N) is 1. The van der Waals surface area contributed by atoms with Crippen molar-refractivity contribution in [2.24, 2.45) is 0 Å². The van der Waals surface area contributed by atoms with Gasteiger partial charge in [0.2, 0.25) is 0 Å². The van der Waals surface area contributed by atoms with E-state index in [1.54, 1.807) is 0 Å². The molecule has 2 aromatic heterocycles. The summed E-state index contributed by atoms with van der Waals surface area (Å²) >= 11 is 6.06. The maximum atomic E-state index is 11.3. The second-order valence-corrected chi connectivity index (χ2v) is 4.78.